The molecule has 1 aromatic rings. The van der Waals surface area contributed by atoms with Crippen molar-refractivity contribution in [3.8, 4) is 0 Å². The zero-order chi connectivity index (χ0) is 13.8. The standard InChI is InChI=1S/C14H18BrClFNO/c1-2-6-18-14(9-5-7-19-8-9)10-3-4-11(15)12(16)13(10)17/h3-4,9,14,18H,2,5-8H2,1H3. The molecule has 2 nitrogen and oxygen atoms in total. The summed E-state index contributed by atoms with van der Waals surface area (Å²) in [7, 11) is 0. The zero-order valence-electron chi connectivity index (χ0n) is 10.9. The number of benzene rings is 1. The molecule has 2 unspecified atom stereocenters. The van der Waals surface area contributed by atoms with Gasteiger partial charge in [0.15, 0.2) is 0 Å². The summed E-state index contributed by atoms with van der Waals surface area (Å²) in [6.45, 7) is 4.38. The van der Waals surface area contributed by atoms with Gasteiger partial charge < -0.3 is 10.1 Å². The fourth-order valence-electron chi connectivity index (χ4n) is 2.43. The number of hydrogen-bond donors (Lipinski definition) is 1. The molecule has 0 bridgehead atoms. The van der Waals surface area contributed by atoms with E-state index in [0.717, 1.165) is 26.0 Å². The largest absolute Gasteiger partial charge is 0.381 e. The third-order valence-electron chi connectivity index (χ3n) is 3.45. The van der Waals surface area contributed by atoms with Gasteiger partial charge in [-0.05, 0) is 41.4 Å². The van der Waals surface area contributed by atoms with Crippen LogP contribution < -0.4 is 5.32 Å². The molecule has 0 amide bonds. The second kappa shape index (κ2) is 7.02. The lowest BCUT2D eigenvalue weighted by atomic mass is 9.92. The van der Waals surface area contributed by atoms with Crippen molar-refractivity contribution >= 4 is 27.5 Å². The average Bonchev–Trinajstić information content (AvgIpc) is 2.92. The highest BCUT2D eigenvalue weighted by atomic mass is 79.9. The lowest BCUT2D eigenvalue weighted by molar-refractivity contribution is 0.176. The van der Waals surface area contributed by atoms with Crippen LogP contribution in [-0.4, -0.2) is 19.8 Å². The first-order valence-electron chi connectivity index (χ1n) is 6.59. The van der Waals surface area contributed by atoms with Gasteiger partial charge in [0.05, 0.1) is 11.6 Å². The minimum Gasteiger partial charge on any atom is -0.381 e. The van der Waals surface area contributed by atoms with Crippen LogP contribution in [0.5, 0.6) is 0 Å². The lowest BCUT2D eigenvalue weighted by Gasteiger charge is -2.25. The van der Waals surface area contributed by atoms with Gasteiger partial charge in [-0.1, -0.05) is 24.6 Å². The highest BCUT2D eigenvalue weighted by Crippen LogP contribution is 2.35. The van der Waals surface area contributed by atoms with Crippen molar-refractivity contribution < 1.29 is 9.13 Å². The molecule has 2 atom stereocenters. The molecular formula is C14H18BrClFNO. The summed E-state index contributed by atoms with van der Waals surface area (Å²) in [4.78, 5) is 0. The first-order valence-corrected chi connectivity index (χ1v) is 7.76. The summed E-state index contributed by atoms with van der Waals surface area (Å²) in [5.74, 6) is -0.0326. The maximum atomic E-state index is 14.4. The van der Waals surface area contributed by atoms with Crippen molar-refractivity contribution in [2.75, 3.05) is 19.8 Å². The van der Waals surface area contributed by atoms with Gasteiger partial charge in [-0.15, -0.1) is 0 Å². The van der Waals surface area contributed by atoms with Crippen LogP contribution in [0.4, 0.5) is 4.39 Å². The van der Waals surface area contributed by atoms with Crippen molar-refractivity contribution in [3.05, 3.63) is 33.0 Å². The molecule has 1 fully saturated rings. The van der Waals surface area contributed by atoms with Crippen LogP contribution in [0.2, 0.25) is 5.02 Å². The zero-order valence-corrected chi connectivity index (χ0v) is 13.2. The van der Waals surface area contributed by atoms with Gasteiger partial charge >= 0.3 is 0 Å². The fraction of sp³-hybridized carbons (Fsp3) is 0.571. The summed E-state index contributed by atoms with van der Waals surface area (Å²) >= 11 is 9.24. The topological polar surface area (TPSA) is 21.3 Å². The molecule has 2 rings (SSSR count). The summed E-state index contributed by atoms with van der Waals surface area (Å²) in [6, 6.07) is 3.57. The minimum absolute atomic E-state index is 0.0342. The number of nitrogens with one attached hydrogen (secondary N) is 1. The van der Waals surface area contributed by atoms with Gasteiger partial charge in [-0.2, -0.15) is 0 Å². The van der Waals surface area contributed by atoms with Crippen molar-refractivity contribution in [2.24, 2.45) is 5.92 Å². The molecule has 1 aliphatic heterocycles. The third kappa shape index (κ3) is 3.48. The molecule has 0 saturated carbocycles. The van der Waals surface area contributed by atoms with E-state index in [4.69, 9.17) is 16.3 Å². The van der Waals surface area contributed by atoms with Crippen molar-refractivity contribution in [1.29, 1.82) is 0 Å². The Labute approximate surface area is 126 Å². The van der Waals surface area contributed by atoms with E-state index in [-0.39, 0.29) is 16.9 Å². The van der Waals surface area contributed by atoms with E-state index in [1.165, 1.54) is 0 Å². The Morgan fingerprint density at radius 1 is 1.58 bits per heavy atom. The van der Waals surface area contributed by atoms with E-state index in [9.17, 15) is 4.39 Å². The van der Waals surface area contributed by atoms with Crippen molar-refractivity contribution in [1.82, 2.24) is 5.32 Å². The monoisotopic (exact) mass is 349 g/mol. The maximum absolute atomic E-state index is 14.4. The van der Waals surface area contributed by atoms with Gasteiger partial charge in [0.1, 0.15) is 5.82 Å². The second-order valence-corrected chi connectivity index (χ2v) is 6.05. The maximum Gasteiger partial charge on any atom is 0.147 e. The number of halogens is 3. The Kier molecular flexibility index (Phi) is 5.63. The van der Waals surface area contributed by atoms with E-state index in [0.29, 0.717) is 22.6 Å². The van der Waals surface area contributed by atoms with E-state index in [1.807, 2.05) is 0 Å². The van der Waals surface area contributed by atoms with Crippen LogP contribution in [0.25, 0.3) is 0 Å². The second-order valence-electron chi connectivity index (χ2n) is 4.82. The van der Waals surface area contributed by atoms with Crippen LogP contribution in [0, 0.1) is 11.7 Å². The molecular weight excluding hydrogens is 333 g/mol. The van der Waals surface area contributed by atoms with Gasteiger partial charge in [0.2, 0.25) is 0 Å². The molecule has 5 heteroatoms. The van der Waals surface area contributed by atoms with Gasteiger partial charge in [0, 0.05) is 28.6 Å². The van der Waals surface area contributed by atoms with Gasteiger partial charge in [-0.3, -0.25) is 0 Å². The molecule has 106 valence electrons. The average molecular weight is 351 g/mol. The molecule has 1 saturated heterocycles. The van der Waals surface area contributed by atoms with Crippen LogP contribution in [0.1, 0.15) is 31.4 Å². The third-order valence-corrected chi connectivity index (χ3v) is 4.71. The van der Waals surface area contributed by atoms with Gasteiger partial charge in [-0.25, -0.2) is 4.39 Å². The molecule has 0 aliphatic carbocycles. The molecule has 19 heavy (non-hydrogen) atoms. The summed E-state index contributed by atoms with van der Waals surface area (Å²) in [5.41, 5.74) is 0.636. The smallest absolute Gasteiger partial charge is 0.147 e. The Morgan fingerprint density at radius 2 is 2.37 bits per heavy atom. The van der Waals surface area contributed by atoms with Crippen LogP contribution in [0.15, 0.2) is 16.6 Å². The Hall–Kier alpha value is -0.160. The van der Waals surface area contributed by atoms with Crippen molar-refractivity contribution in [2.45, 2.75) is 25.8 Å². The summed E-state index contributed by atoms with van der Waals surface area (Å²) < 4.78 is 20.4. The molecule has 1 heterocycles. The first-order chi connectivity index (χ1) is 9.15. The van der Waals surface area contributed by atoms with Gasteiger partial charge in [0.25, 0.3) is 0 Å². The molecule has 0 radical (unpaired) electrons. The Balaban J connectivity index is 2.28. The molecule has 1 aromatic carbocycles. The predicted molar refractivity (Wildman–Crippen MR) is 79.1 cm³/mol. The van der Waals surface area contributed by atoms with E-state index in [1.54, 1.807) is 12.1 Å². The molecule has 0 aromatic heterocycles. The molecule has 1 aliphatic rings. The Bertz CT molecular complexity index is 438. The first kappa shape index (κ1) is 15.2. The predicted octanol–water partition coefficient (Wildman–Crippen LogP) is 4.32. The Morgan fingerprint density at radius 3 is 3.00 bits per heavy atom. The van der Waals surface area contributed by atoms with E-state index < -0.39 is 0 Å². The quantitative estimate of drug-likeness (QED) is 0.799. The van der Waals surface area contributed by atoms with E-state index >= 15 is 0 Å². The molecule has 0 spiro atoms. The normalized spacial score (nSPS) is 20.7. The van der Waals surface area contributed by atoms with Crippen LogP contribution in [-0.2, 0) is 4.74 Å². The number of rotatable bonds is 5. The SMILES string of the molecule is CCCNC(c1ccc(Br)c(Cl)c1F)C1CCOC1. The van der Waals surface area contributed by atoms with E-state index in [2.05, 4.69) is 28.2 Å². The summed E-state index contributed by atoms with van der Waals surface area (Å²) in [6.07, 6.45) is 1.96. The lowest BCUT2D eigenvalue weighted by Crippen LogP contribution is -2.30. The number of ether oxygens (including phenoxy) is 1. The van der Waals surface area contributed by atoms with Crippen LogP contribution in [0.3, 0.4) is 0 Å². The van der Waals surface area contributed by atoms with Crippen molar-refractivity contribution in [3.63, 3.8) is 0 Å². The fourth-order valence-corrected chi connectivity index (χ4v) is 2.91. The highest BCUT2D eigenvalue weighted by molar-refractivity contribution is 9.10. The van der Waals surface area contributed by atoms with Crippen LogP contribution >= 0.6 is 27.5 Å². The minimum atomic E-state index is -0.337. The molecule has 1 N–H and O–H groups in total. The number of hydrogen-bond acceptors (Lipinski definition) is 2. The summed E-state index contributed by atoms with van der Waals surface area (Å²) in [5, 5.41) is 3.57. The highest BCUT2D eigenvalue weighted by Gasteiger charge is 2.29.